The molecule has 0 spiro atoms. The third-order valence-electron chi connectivity index (χ3n) is 4.42. The van der Waals surface area contributed by atoms with Crippen molar-refractivity contribution in [1.82, 2.24) is 10.3 Å². The van der Waals surface area contributed by atoms with E-state index in [9.17, 15) is 4.79 Å². The molecule has 1 aromatic heterocycles. The molecule has 1 aliphatic carbocycles. The Labute approximate surface area is 163 Å². The fourth-order valence-electron chi connectivity index (χ4n) is 2.75. The van der Waals surface area contributed by atoms with Crippen molar-refractivity contribution in [2.75, 3.05) is 6.54 Å². The first-order chi connectivity index (χ1) is 12.3. The van der Waals surface area contributed by atoms with Crippen LogP contribution in [-0.4, -0.2) is 27.4 Å². The quantitative estimate of drug-likeness (QED) is 0.716. The SMILES string of the molecule is CC(C)(Oc1ccc(C2CC2(Cl)Cl)cc1)C(=O)NCCc1ccccn1. The number of halogens is 2. The van der Waals surface area contributed by atoms with Gasteiger partial charge < -0.3 is 10.1 Å². The van der Waals surface area contributed by atoms with Gasteiger partial charge in [0, 0.05) is 30.8 Å². The maximum Gasteiger partial charge on any atom is 0.263 e. The number of nitrogens with zero attached hydrogens (tertiary/aromatic N) is 1. The first-order valence-electron chi connectivity index (χ1n) is 8.63. The molecule has 138 valence electrons. The number of alkyl halides is 2. The maximum atomic E-state index is 12.4. The Balaban J connectivity index is 1.51. The Morgan fingerprint density at radius 1 is 1.27 bits per heavy atom. The topological polar surface area (TPSA) is 51.2 Å². The highest BCUT2D eigenvalue weighted by molar-refractivity contribution is 6.51. The van der Waals surface area contributed by atoms with Crippen molar-refractivity contribution in [2.24, 2.45) is 0 Å². The van der Waals surface area contributed by atoms with Crippen LogP contribution in [0.25, 0.3) is 0 Å². The van der Waals surface area contributed by atoms with Gasteiger partial charge in [-0.05, 0) is 50.1 Å². The van der Waals surface area contributed by atoms with Crippen molar-refractivity contribution in [3.63, 3.8) is 0 Å². The molecule has 3 rings (SSSR count). The van der Waals surface area contributed by atoms with E-state index < -0.39 is 9.93 Å². The van der Waals surface area contributed by atoms with Gasteiger partial charge in [-0.1, -0.05) is 18.2 Å². The summed E-state index contributed by atoms with van der Waals surface area (Å²) in [6.45, 7) is 4.01. The predicted molar refractivity (Wildman–Crippen MR) is 104 cm³/mol. The summed E-state index contributed by atoms with van der Waals surface area (Å²) in [4.78, 5) is 16.7. The minimum atomic E-state index is -0.978. The van der Waals surface area contributed by atoms with E-state index in [-0.39, 0.29) is 11.8 Å². The van der Waals surface area contributed by atoms with Gasteiger partial charge in [-0.25, -0.2) is 0 Å². The number of carbonyl (C=O) groups excluding carboxylic acids is 1. The second-order valence-corrected chi connectivity index (χ2v) is 8.57. The number of hydrogen-bond acceptors (Lipinski definition) is 3. The van der Waals surface area contributed by atoms with E-state index >= 15 is 0 Å². The summed E-state index contributed by atoms with van der Waals surface area (Å²) in [5, 5.41) is 2.90. The molecule has 4 nitrogen and oxygen atoms in total. The number of aromatic nitrogens is 1. The van der Waals surface area contributed by atoms with Crippen molar-refractivity contribution < 1.29 is 9.53 Å². The molecule has 1 N–H and O–H groups in total. The van der Waals surface area contributed by atoms with Crippen LogP contribution in [0.5, 0.6) is 5.75 Å². The van der Waals surface area contributed by atoms with Crippen LogP contribution in [-0.2, 0) is 11.2 Å². The van der Waals surface area contributed by atoms with Crippen molar-refractivity contribution >= 4 is 29.1 Å². The molecule has 0 bridgehead atoms. The fraction of sp³-hybridized carbons (Fsp3) is 0.400. The van der Waals surface area contributed by atoms with Gasteiger partial charge in [-0.3, -0.25) is 9.78 Å². The Hall–Kier alpha value is -1.78. The third kappa shape index (κ3) is 4.68. The van der Waals surface area contributed by atoms with Crippen LogP contribution in [0.3, 0.4) is 0 Å². The van der Waals surface area contributed by atoms with Gasteiger partial charge in [0.25, 0.3) is 5.91 Å². The summed E-state index contributed by atoms with van der Waals surface area (Å²) in [7, 11) is 0. The van der Waals surface area contributed by atoms with E-state index in [1.807, 2.05) is 42.5 Å². The summed E-state index contributed by atoms with van der Waals surface area (Å²) in [6.07, 6.45) is 3.19. The highest BCUT2D eigenvalue weighted by Crippen LogP contribution is 2.59. The van der Waals surface area contributed by atoms with Crippen molar-refractivity contribution in [3.05, 3.63) is 59.9 Å². The van der Waals surface area contributed by atoms with Gasteiger partial charge in [0.1, 0.15) is 10.1 Å². The number of rotatable bonds is 7. The molecule has 0 saturated heterocycles. The molecule has 1 unspecified atom stereocenters. The molecular formula is C20H22Cl2N2O2. The number of amides is 1. The molecule has 1 atom stereocenters. The number of pyridine rings is 1. The number of benzene rings is 1. The second kappa shape index (κ2) is 7.45. The third-order valence-corrected chi connectivity index (χ3v) is 5.26. The maximum absolute atomic E-state index is 12.4. The molecule has 1 aromatic carbocycles. The molecule has 0 aliphatic heterocycles. The van der Waals surface area contributed by atoms with Crippen molar-refractivity contribution in [2.45, 2.75) is 42.5 Å². The Morgan fingerprint density at radius 3 is 2.54 bits per heavy atom. The summed E-state index contributed by atoms with van der Waals surface area (Å²) in [6, 6.07) is 13.3. The van der Waals surface area contributed by atoms with Crippen molar-refractivity contribution in [3.8, 4) is 5.75 Å². The highest BCUT2D eigenvalue weighted by Gasteiger charge is 2.52. The molecule has 1 saturated carbocycles. The monoisotopic (exact) mass is 392 g/mol. The normalized spacial score (nSPS) is 18.2. The van der Waals surface area contributed by atoms with Gasteiger partial charge >= 0.3 is 0 Å². The highest BCUT2D eigenvalue weighted by atomic mass is 35.5. The lowest BCUT2D eigenvalue weighted by Gasteiger charge is -2.25. The summed E-state index contributed by atoms with van der Waals surface area (Å²) >= 11 is 12.2. The van der Waals surface area contributed by atoms with Gasteiger partial charge in [0.05, 0.1) is 0 Å². The van der Waals surface area contributed by atoms with Crippen LogP contribution in [0.1, 0.15) is 37.4 Å². The molecule has 1 amide bonds. The molecule has 1 aliphatic rings. The number of carbonyl (C=O) groups is 1. The lowest BCUT2D eigenvalue weighted by Crippen LogP contribution is -2.47. The molecule has 6 heteroatoms. The lowest BCUT2D eigenvalue weighted by molar-refractivity contribution is -0.134. The number of hydrogen-bond donors (Lipinski definition) is 1. The zero-order valence-corrected chi connectivity index (χ0v) is 16.3. The van der Waals surface area contributed by atoms with Crippen molar-refractivity contribution in [1.29, 1.82) is 0 Å². The minimum Gasteiger partial charge on any atom is -0.478 e. The summed E-state index contributed by atoms with van der Waals surface area (Å²) in [5.74, 6) is 0.636. The molecule has 2 aromatic rings. The first kappa shape index (κ1) is 19.0. The van der Waals surface area contributed by atoms with Gasteiger partial charge in [-0.15, -0.1) is 23.2 Å². The van der Waals surface area contributed by atoms with E-state index in [4.69, 9.17) is 27.9 Å². The fourth-order valence-corrected chi connectivity index (χ4v) is 3.31. The molecular weight excluding hydrogens is 371 g/mol. The van der Waals surface area contributed by atoms with Gasteiger partial charge in [-0.2, -0.15) is 0 Å². The zero-order valence-electron chi connectivity index (χ0n) is 14.8. The van der Waals surface area contributed by atoms with Crippen LogP contribution < -0.4 is 10.1 Å². The zero-order chi connectivity index (χ0) is 18.8. The number of ether oxygens (including phenoxy) is 1. The smallest absolute Gasteiger partial charge is 0.263 e. The second-order valence-electron chi connectivity index (χ2n) is 7.03. The van der Waals surface area contributed by atoms with Gasteiger partial charge in [0.2, 0.25) is 0 Å². The van der Waals surface area contributed by atoms with Gasteiger partial charge in [0.15, 0.2) is 5.60 Å². The molecule has 26 heavy (non-hydrogen) atoms. The average Bonchev–Trinajstić information content (AvgIpc) is 3.24. The molecule has 1 fully saturated rings. The molecule has 0 radical (unpaired) electrons. The first-order valence-corrected chi connectivity index (χ1v) is 9.38. The largest absolute Gasteiger partial charge is 0.478 e. The lowest BCUT2D eigenvalue weighted by atomic mass is 10.1. The standard InChI is InChI=1S/C20H22Cl2N2O2/c1-19(2,18(25)24-12-10-15-5-3-4-11-23-15)26-16-8-6-14(7-9-16)17-13-20(17,21)22/h3-9,11,17H,10,12-13H2,1-2H3,(H,24,25). The van der Waals surface area contributed by atoms with Crippen LogP contribution in [0.2, 0.25) is 0 Å². The van der Waals surface area contributed by atoms with Crippen LogP contribution in [0.4, 0.5) is 0 Å². The Bertz CT molecular complexity index is 761. The summed E-state index contributed by atoms with van der Waals surface area (Å²) < 4.78 is 5.24. The van der Waals surface area contributed by atoms with Crippen LogP contribution >= 0.6 is 23.2 Å². The number of nitrogens with one attached hydrogen (secondary N) is 1. The predicted octanol–water partition coefficient (Wildman–Crippen LogP) is 4.26. The van der Waals surface area contributed by atoms with E-state index in [1.54, 1.807) is 20.0 Å². The van der Waals surface area contributed by atoms with E-state index in [0.717, 1.165) is 17.7 Å². The van der Waals surface area contributed by atoms with E-state index in [0.29, 0.717) is 18.7 Å². The van der Waals surface area contributed by atoms with Crippen LogP contribution in [0.15, 0.2) is 48.7 Å². The summed E-state index contributed by atoms with van der Waals surface area (Å²) in [5.41, 5.74) is 1.05. The average molecular weight is 393 g/mol. The van der Waals surface area contributed by atoms with Crippen LogP contribution in [0, 0.1) is 0 Å². The van der Waals surface area contributed by atoms with E-state index in [1.165, 1.54) is 0 Å². The molecule has 1 heterocycles. The van der Waals surface area contributed by atoms with E-state index in [2.05, 4.69) is 10.3 Å². The minimum absolute atomic E-state index is 0.166. The Kier molecular flexibility index (Phi) is 5.44. The Morgan fingerprint density at radius 2 is 1.96 bits per heavy atom.